The molecule has 4 rings (SSSR count). The van der Waals surface area contributed by atoms with Crippen molar-refractivity contribution in [2.45, 2.75) is 25.9 Å². The standard InChI is InChI=1S/C21H20ClN5O2S/c1-12-16(9-14(23)21(28)27-18-6-2-3-7-24-18)30-20-15(10-17(22)26-19(12)20)25-11-13-5-4-8-29-13/h2-8,10,14H,9,11,23H2,1H3,(H,25,26)(H,24,27,28)/t14-/m1/s1. The first-order valence-electron chi connectivity index (χ1n) is 9.33. The van der Waals surface area contributed by atoms with Crippen LogP contribution in [0.15, 0.2) is 53.3 Å². The molecule has 0 aliphatic rings. The van der Waals surface area contributed by atoms with Gasteiger partial charge in [-0.2, -0.15) is 0 Å². The Hall–Kier alpha value is -2.94. The van der Waals surface area contributed by atoms with E-state index in [4.69, 9.17) is 21.8 Å². The van der Waals surface area contributed by atoms with Crippen LogP contribution >= 0.6 is 22.9 Å². The van der Waals surface area contributed by atoms with Gasteiger partial charge in [0.05, 0.1) is 34.8 Å². The molecule has 1 atom stereocenters. The van der Waals surface area contributed by atoms with Crippen LogP contribution in [0.25, 0.3) is 10.2 Å². The van der Waals surface area contributed by atoms with E-state index in [1.165, 1.54) is 0 Å². The summed E-state index contributed by atoms with van der Waals surface area (Å²) in [6.07, 6.45) is 3.64. The fourth-order valence-corrected chi connectivity index (χ4v) is 4.55. The predicted molar refractivity (Wildman–Crippen MR) is 120 cm³/mol. The molecule has 30 heavy (non-hydrogen) atoms. The number of fused-ring (bicyclic) bond motifs is 1. The van der Waals surface area contributed by atoms with Crippen molar-refractivity contribution < 1.29 is 9.21 Å². The van der Waals surface area contributed by atoms with Crippen molar-refractivity contribution in [2.24, 2.45) is 5.73 Å². The number of thiophene rings is 1. The highest BCUT2D eigenvalue weighted by Crippen LogP contribution is 2.37. The molecule has 0 spiro atoms. The molecule has 0 saturated carbocycles. The average molecular weight is 442 g/mol. The number of nitrogens with zero attached hydrogens (tertiary/aromatic N) is 2. The highest BCUT2D eigenvalue weighted by molar-refractivity contribution is 7.19. The zero-order valence-electron chi connectivity index (χ0n) is 16.2. The molecule has 9 heteroatoms. The van der Waals surface area contributed by atoms with Gasteiger partial charge in [0.15, 0.2) is 0 Å². The minimum Gasteiger partial charge on any atom is -0.467 e. The van der Waals surface area contributed by atoms with Gasteiger partial charge < -0.3 is 20.8 Å². The third kappa shape index (κ3) is 4.46. The first-order valence-corrected chi connectivity index (χ1v) is 10.5. The summed E-state index contributed by atoms with van der Waals surface area (Å²) in [5.41, 5.74) is 8.82. The van der Waals surface area contributed by atoms with E-state index in [-0.39, 0.29) is 5.91 Å². The van der Waals surface area contributed by atoms with Gasteiger partial charge in [-0.3, -0.25) is 4.79 Å². The Bertz CT molecular complexity index is 1160. The normalized spacial score (nSPS) is 12.1. The summed E-state index contributed by atoms with van der Waals surface area (Å²) in [6, 6.07) is 10.1. The minimum atomic E-state index is -0.714. The number of hydrogen-bond acceptors (Lipinski definition) is 7. The molecule has 0 saturated heterocycles. The van der Waals surface area contributed by atoms with Crippen molar-refractivity contribution in [3.63, 3.8) is 0 Å². The summed E-state index contributed by atoms with van der Waals surface area (Å²) in [6.45, 7) is 2.50. The summed E-state index contributed by atoms with van der Waals surface area (Å²) in [5, 5.41) is 6.49. The molecule has 154 valence electrons. The molecule has 0 bridgehead atoms. The molecule has 0 unspecified atom stereocenters. The van der Waals surface area contributed by atoms with Crippen molar-refractivity contribution in [2.75, 3.05) is 10.6 Å². The minimum absolute atomic E-state index is 0.285. The van der Waals surface area contributed by atoms with Crippen LogP contribution in [0, 0.1) is 6.92 Å². The van der Waals surface area contributed by atoms with Crippen LogP contribution in [0.5, 0.6) is 0 Å². The van der Waals surface area contributed by atoms with E-state index >= 15 is 0 Å². The van der Waals surface area contributed by atoms with E-state index in [1.807, 2.05) is 19.1 Å². The number of carbonyl (C=O) groups excluding carboxylic acids is 1. The maximum absolute atomic E-state index is 12.5. The quantitative estimate of drug-likeness (QED) is 0.368. The molecule has 0 aliphatic heterocycles. The number of anilines is 2. The van der Waals surface area contributed by atoms with Gasteiger partial charge in [0.2, 0.25) is 5.91 Å². The monoisotopic (exact) mass is 441 g/mol. The summed E-state index contributed by atoms with van der Waals surface area (Å²) in [7, 11) is 0. The largest absolute Gasteiger partial charge is 0.467 e. The number of aryl methyl sites for hydroxylation is 1. The van der Waals surface area contributed by atoms with Crippen molar-refractivity contribution in [1.82, 2.24) is 9.97 Å². The number of rotatable bonds is 7. The van der Waals surface area contributed by atoms with Crippen LogP contribution in [0.3, 0.4) is 0 Å². The van der Waals surface area contributed by atoms with Crippen molar-refractivity contribution >= 4 is 50.6 Å². The molecule has 0 fully saturated rings. The van der Waals surface area contributed by atoms with Crippen molar-refractivity contribution in [3.8, 4) is 0 Å². The van der Waals surface area contributed by atoms with Gasteiger partial charge in [-0.05, 0) is 36.8 Å². The molecule has 4 heterocycles. The first kappa shape index (κ1) is 20.3. The third-order valence-corrected chi connectivity index (χ3v) is 6.16. The van der Waals surface area contributed by atoms with E-state index in [1.54, 1.807) is 48.1 Å². The molecule has 7 nitrogen and oxygen atoms in total. The van der Waals surface area contributed by atoms with E-state index in [0.717, 1.165) is 32.1 Å². The SMILES string of the molecule is Cc1c(C[C@@H](N)C(=O)Nc2ccccn2)sc2c(NCc3ccco3)cc(Cl)nc12. The van der Waals surface area contributed by atoms with Gasteiger partial charge in [-0.1, -0.05) is 17.7 Å². The fraction of sp³-hybridized carbons (Fsp3) is 0.190. The number of hydrogen-bond donors (Lipinski definition) is 3. The molecule has 0 radical (unpaired) electrons. The molecule has 4 aromatic rings. The number of pyridine rings is 2. The van der Waals surface area contributed by atoms with Crippen LogP contribution in [0.4, 0.5) is 11.5 Å². The lowest BCUT2D eigenvalue weighted by Crippen LogP contribution is -2.37. The maximum Gasteiger partial charge on any atom is 0.242 e. The van der Waals surface area contributed by atoms with E-state index in [2.05, 4.69) is 20.6 Å². The first-order chi connectivity index (χ1) is 14.5. The predicted octanol–water partition coefficient (Wildman–Crippen LogP) is 4.37. The topological polar surface area (TPSA) is 106 Å². The number of furan rings is 1. The Morgan fingerprint density at radius 2 is 2.20 bits per heavy atom. The Morgan fingerprint density at radius 3 is 2.93 bits per heavy atom. The number of amides is 1. The highest BCUT2D eigenvalue weighted by Gasteiger charge is 2.20. The second-order valence-electron chi connectivity index (χ2n) is 6.77. The Balaban J connectivity index is 1.54. The molecule has 0 aliphatic carbocycles. The lowest BCUT2D eigenvalue weighted by atomic mass is 10.1. The second-order valence-corrected chi connectivity index (χ2v) is 8.26. The van der Waals surface area contributed by atoms with Gasteiger partial charge in [0, 0.05) is 23.6 Å². The van der Waals surface area contributed by atoms with Crippen LogP contribution in [0.1, 0.15) is 16.2 Å². The van der Waals surface area contributed by atoms with Gasteiger partial charge in [0.1, 0.15) is 16.7 Å². The Morgan fingerprint density at radius 1 is 1.33 bits per heavy atom. The average Bonchev–Trinajstić information content (AvgIpc) is 3.36. The molecule has 4 aromatic heterocycles. The van der Waals surface area contributed by atoms with Crippen LogP contribution in [-0.2, 0) is 17.8 Å². The van der Waals surface area contributed by atoms with Gasteiger partial charge in [-0.25, -0.2) is 9.97 Å². The Labute approximate surface area is 182 Å². The molecule has 1 amide bonds. The number of nitrogens with two attached hydrogens (primary N) is 1. The fourth-order valence-electron chi connectivity index (χ4n) is 3.06. The van der Waals surface area contributed by atoms with Gasteiger partial charge in [0.25, 0.3) is 0 Å². The summed E-state index contributed by atoms with van der Waals surface area (Å²) in [4.78, 5) is 22.0. The lowest BCUT2D eigenvalue weighted by molar-refractivity contribution is -0.117. The van der Waals surface area contributed by atoms with Crippen molar-refractivity contribution in [1.29, 1.82) is 0 Å². The second kappa shape index (κ2) is 8.83. The number of nitrogens with one attached hydrogen (secondary N) is 2. The van der Waals surface area contributed by atoms with Gasteiger partial charge >= 0.3 is 0 Å². The lowest BCUT2D eigenvalue weighted by Gasteiger charge is -2.11. The molecule has 0 aromatic carbocycles. The molecular weight excluding hydrogens is 422 g/mol. The third-order valence-electron chi connectivity index (χ3n) is 4.63. The van der Waals surface area contributed by atoms with Crippen LogP contribution in [-0.4, -0.2) is 21.9 Å². The zero-order chi connectivity index (χ0) is 21.1. The Kier molecular flexibility index (Phi) is 5.98. The van der Waals surface area contributed by atoms with E-state index < -0.39 is 6.04 Å². The highest BCUT2D eigenvalue weighted by atomic mass is 35.5. The summed E-state index contributed by atoms with van der Waals surface area (Å²) < 4.78 is 6.35. The van der Waals surface area contributed by atoms with Crippen LogP contribution in [0.2, 0.25) is 5.15 Å². The summed E-state index contributed by atoms with van der Waals surface area (Å²) >= 11 is 7.81. The maximum atomic E-state index is 12.5. The van der Waals surface area contributed by atoms with E-state index in [9.17, 15) is 4.79 Å². The van der Waals surface area contributed by atoms with Gasteiger partial charge in [-0.15, -0.1) is 11.3 Å². The zero-order valence-corrected chi connectivity index (χ0v) is 17.8. The van der Waals surface area contributed by atoms with Crippen LogP contribution < -0.4 is 16.4 Å². The summed E-state index contributed by atoms with van der Waals surface area (Å²) in [5.74, 6) is 1.01. The van der Waals surface area contributed by atoms with Crippen molar-refractivity contribution in [3.05, 3.63) is 70.2 Å². The van der Waals surface area contributed by atoms with E-state index in [0.29, 0.717) is 23.9 Å². The molecule has 4 N–H and O–H groups in total. The number of halogens is 1. The number of carbonyl (C=O) groups is 1. The smallest absolute Gasteiger partial charge is 0.242 e. The number of aromatic nitrogens is 2. The molecular formula is C21H20ClN5O2S.